The molecule has 5 N–H and O–H groups in total. The number of halogens is 2. The maximum atomic E-state index is 13.3. The Morgan fingerprint density at radius 3 is 2.50 bits per heavy atom. The molecule has 5 heterocycles. The van der Waals surface area contributed by atoms with Gasteiger partial charge in [0.25, 0.3) is 11.8 Å². The number of rotatable bonds is 18. The molecule has 0 aliphatic carbocycles. The number of amides is 6. The molecule has 6 rings (SSSR count). The predicted molar refractivity (Wildman–Crippen MR) is 208 cm³/mol. The van der Waals surface area contributed by atoms with Crippen LogP contribution in [0.4, 0.5) is 21.9 Å². The van der Waals surface area contributed by atoms with E-state index in [4.69, 9.17) is 32.7 Å². The van der Waals surface area contributed by atoms with E-state index >= 15 is 0 Å². The van der Waals surface area contributed by atoms with Gasteiger partial charge in [-0.1, -0.05) is 48.5 Å². The van der Waals surface area contributed by atoms with E-state index in [1.165, 1.54) is 16.9 Å². The molecule has 3 aromatic heterocycles. The summed E-state index contributed by atoms with van der Waals surface area (Å²) in [5, 5.41) is 19.2. The molecule has 0 bridgehead atoms. The number of benzene rings is 1. The normalized spacial score (nSPS) is 15.9. The highest BCUT2D eigenvalue weighted by molar-refractivity contribution is 6.31. The molecule has 2 atom stereocenters. The molecule has 1 saturated heterocycles. The minimum atomic E-state index is -0.998. The van der Waals surface area contributed by atoms with Crippen LogP contribution >= 0.6 is 23.2 Å². The van der Waals surface area contributed by atoms with Gasteiger partial charge in [-0.15, -0.1) is 0 Å². The van der Waals surface area contributed by atoms with E-state index in [-0.39, 0.29) is 40.7 Å². The molecule has 0 radical (unpaired) electrons. The van der Waals surface area contributed by atoms with Crippen LogP contribution < -0.4 is 31.3 Å². The number of nitrogens with zero attached hydrogens (tertiary/aromatic N) is 5. The molecule has 0 saturated carbocycles. The molecule has 1 fully saturated rings. The van der Waals surface area contributed by atoms with Gasteiger partial charge in [-0.05, 0) is 50.9 Å². The number of methoxy groups -OCH3 is 1. The predicted octanol–water partition coefficient (Wildman–Crippen LogP) is 5.21. The summed E-state index contributed by atoms with van der Waals surface area (Å²) in [6.45, 7) is 4.08. The standard InChI is InChI=1S/C37H42Cl2N10O7/c1-21(55-2)32-26(20-42-29-18-28(39)47-49(29)32)45-37(54)44-25-17-22(38)19-43-34(25)56-16-15-40-13-6-4-3-5-7-14-41-24-10-8-9-23-31(24)36(53)48(35(23)52)27-11-12-30(50)46-33(27)51/h8-10,17-21,27,40-41H,3-7,11-16H2,1-2H3,(H2,44,45,54)(H,46,50,51)/t21-,27?/m0/s1. The molecule has 17 nitrogen and oxygen atoms in total. The Labute approximate surface area is 332 Å². The van der Waals surface area contributed by atoms with Crippen LogP contribution in [0, 0.1) is 0 Å². The third-order valence-electron chi connectivity index (χ3n) is 9.38. The monoisotopic (exact) mass is 808 g/mol. The van der Waals surface area contributed by atoms with E-state index in [1.807, 2.05) is 6.92 Å². The lowest BCUT2D eigenvalue weighted by Crippen LogP contribution is -2.54. The number of ether oxygens (including phenoxy) is 2. The third kappa shape index (κ3) is 9.35. The first-order valence-corrected chi connectivity index (χ1v) is 19.0. The summed E-state index contributed by atoms with van der Waals surface area (Å²) in [4.78, 5) is 72.9. The van der Waals surface area contributed by atoms with Gasteiger partial charge in [0.2, 0.25) is 17.7 Å². The first kappa shape index (κ1) is 40.3. The SMILES string of the molecule is CO[C@@H](C)c1c(NC(=O)Nc2cc(Cl)cnc2OCCNCCCCCCCNc2cccc3c2C(=O)N(C2CCC(=O)NC2=O)C3=O)cnc2cc(Cl)nn12. The molecule has 2 aliphatic heterocycles. The van der Waals surface area contributed by atoms with Crippen molar-refractivity contribution in [2.45, 2.75) is 64.0 Å². The molecule has 2 aliphatic rings. The average molecular weight is 810 g/mol. The van der Waals surface area contributed by atoms with E-state index in [2.05, 4.69) is 41.7 Å². The highest BCUT2D eigenvalue weighted by atomic mass is 35.5. The molecule has 296 valence electrons. The third-order valence-corrected chi connectivity index (χ3v) is 9.77. The molecular weight excluding hydrogens is 767 g/mol. The number of carbonyl (C=O) groups is 5. The van der Waals surface area contributed by atoms with Crippen LogP contribution in [0.25, 0.3) is 5.65 Å². The fourth-order valence-electron chi connectivity index (χ4n) is 6.57. The van der Waals surface area contributed by atoms with E-state index in [0.717, 1.165) is 43.5 Å². The molecule has 1 unspecified atom stereocenters. The highest BCUT2D eigenvalue weighted by Crippen LogP contribution is 2.33. The Morgan fingerprint density at radius 2 is 1.71 bits per heavy atom. The van der Waals surface area contributed by atoms with Crippen molar-refractivity contribution < 1.29 is 33.4 Å². The van der Waals surface area contributed by atoms with Crippen LogP contribution in [0.2, 0.25) is 10.2 Å². The lowest BCUT2D eigenvalue weighted by Gasteiger charge is -2.27. The molecule has 0 spiro atoms. The second-order valence-electron chi connectivity index (χ2n) is 13.2. The second-order valence-corrected chi connectivity index (χ2v) is 14.0. The number of urea groups is 1. The lowest BCUT2D eigenvalue weighted by molar-refractivity contribution is -0.136. The summed E-state index contributed by atoms with van der Waals surface area (Å²) < 4.78 is 12.9. The lowest BCUT2D eigenvalue weighted by atomic mass is 10.0. The average Bonchev–Trinajstić information content (AvgIpc) is 3.67. The number of imide groups is 2. The fraction of sp³-hybridized carbons (Fsp3) is 0.405. The molecule has 4 aromatic rings. The number of pyridine rings is 1. The Morgan fingerprint density at radius 1 is 0.946 bits per heavy atom. The van der Waals surface area contributed by atoms with E-state index < -0.39 is 41.8 Å². The number of fused-ring (bicyclic) bond motifs is 2. The Balaban J connectivity index is 0.877. The molecule has 6 amide bonds. The zero-order chi connectivity index (χ0) is 39.8. The van der Waals surface area contributed by atoms with Gasteiger partial charge in [0.05, 0.1) is 39.8 Å². The van der Waals surface area contributed by atoms with Crippen molar-refractivity contribution >= 4 is 75.6 Å². The van der Waals surface area contributed by atoms with Crippen LogP contribution in [-0.4, -0.2) is 93.5 Å². The Hall–Kier alpha value is -5.36. The first-order chi connectivity index (χ1) is 27.0. The van der Waals surface area contributed by atoms with Crippen LogP contribution in [0.1, 0.15) is 84.4 Å². The van der Waals surface area contributed by atoms with Crippen LogP contribution in [-0.2, 0) is 14.3 Å². The number of piperidine rings is 1. The van der Waals surface area contributed by atoms with Crippen molar-refractivity contribution in [3.63, 3.8) is 0 Å². The van der Waals surface area contributed by atoms with E-state index in [9.17, 15) is 24.0 Å². The van der Waals surface area contributed by atoms with Gasteiger partial charge in [-0.2, -0.15) is 5.10 Å². The molecular formula is C37H42Cl2N10O7. The van der Waals surface area contributed by atoms with Crippen LogP contribution in [0.5, 0.6) is 5.88 Å². The number of unbranched alkanes of at least 4 members (excludes halogenated alkanes) is 4. The summed E-state index contributed by atoms with van der Waals surface area (Å²) in [5.74, 6) is -1.88. The quantitative estimate of drug-likeness (QED) is 0.0648. The van der Waals surface area contributed by atoms with Crippen molar-refractivity contribution in [2.24, 2.45) is 0 Å². The van der Waals surface area contributed by atoms with Gasteiger partial charge in [0.1, 0.15) is 18.3 Å². The summed E-state index contributed by atoms with van der Waals surface area (Å²) in [7, 11) is 1.54. The number of carbonyl (C=O) groups excluding carboxylic acids is 5. The Kier molecular flexibility index (Phi) is 13.3. The van der Waals surface area contributed by atoms with E-state index in [1.54, 1.807) is 37.4 Å². The minimum Gasteiger partial charge on any atom is -0.475 e. The number of aromatic nitrogens is 4. The largest absolute Gasteiger partial charge is 0.475 e. The summed E-state index contributed by atoms with van der Waals surface area (Å²) in [5.41, 5.74) is 2.78. The minimum absolute atomic E-state index is 0.0724. The summed E-state index contributed by atoms with van der Waals surface area (Å²) >= 11 is 12.3. The molecule has 19 heteroatoms. The van der Waals surface area contributed by atoms with E-state index in [0.29, 0.717) is 47.4 Å². The fourth-order valence-corrected chi connectivity index (χ4v) is 6.90. The van der Waals surface area contributed by atoms with Crippen molar-refractivity contribution in [3.05, 3.63) is 69.7 Å². The van der Waals surface area contributed by atoms with Gasteiger partial charge >= 0.3 is 6.03 Å². The number of nitrogens with one attached hydrogen (secondary N) is 5. The van der Waals surface area contributed by atoms with Gasteiger partial charge in [-0.25, -0.2) is 19.3 Å². The number of anilines is 3. The van der Waals surface area contributed by atoms with Gasteiger partial charge in [-0.3, -0.25) is 29.4 Å². The molecule has 56 heavy (non-hydrogen) atoms. The van der Waals surface area contributed by atoms with Gasteiger partial charge < -0.3 is 30.7 Å². The smallest absolute Gasteiger partial charge is 0.323 e. The maximum absolute atomic E-state index is 13.3. The van der Waals surface area contributed by atoms with Crippen LogP contribution in [0.15, 0.2) is 42.7 Å². The van der Waals surface area contributed by atoms with Crippen LogP contribution in [0.3, 0.4) is 0 Å². The second kappa shape index (κ2) is 18.5. The number of hydrogen-bond donors (Lipinski definition) is 5. The topological polar surface area (TPSA) is 210 Å². The zero-order valence-electron chi connectivity index (χ0n) is 30.8. The van der Waals surface area contributed by atoms with Gasteiger partial charge in [0.15, 0.2) is 10.8 Å². The van der Waals surface area contributed by atoms with Gasteiger partial charge in [0, 0.05) is 44.6 Å². The van der Waals surface area contributed by atoms with Crippen molar-refractivity contribution in [1.29, 1.82) is 0 Å². The highest BCUT2D eigenvalue weighted by Gasteiger charge is 2.45. The molecule has 1 aromatic carbocycles. The van der Waals surface area contributed by atoms with Crippen molar-refractivity contribution in [2.75, 3.05) is 49.3 Å². The zero-order valence-corrected chi connectivity index (χ0v) is 32.3. The summed E-state index contributed by atoms with van der Waals surface area (Å²) in [6, 6.07) is 6.62. The number of hydrogen-bond acceptors (Lipinski definition) is 12. The maximum Gasteiger partial charge on any atom is 0.323 e. The Bertz CT molecular complexity index is 2130. The summed E-state index contributed by atoms with van der Waals surface area (Å²) in [6.07, 6.45) is 7.52. The van der Waals surface area contributed by atoms with Crippen molar-refractivity contribution in [1.82, 2.24) is 35.1 Å². The first-order valence-electron chi connectivity index (χ1n) is 18.3. The van der Waals surface area contributed by atoms with Crippen molar-refractivity contribution in [3.8, 4) is 5.88 Å².